The van der Waals surface area contributed by atoms with Crippen molar-refractivity contribution in [1.82, 2.24) is 0 Å². The summed E-state index contributed by atoms with van der Waals surface area (Å²) < 4.78 is 27.0. The van der Waals surface area contributed by atoms with Crippen molar-refractivity contribution < 1.29 is 42.8 Å². The number of carbonyl (C=O) groups excluding carboxylic acids is 2. The molecule has 0 aliphatic carbocycles. The van der Waals surface area contributed by atoms with Gasteiger partial charge in [0.25, 0.3) is 0 Å². The van der Waals surface area contributed by atoms with E-state index >= 15 is 0 Å². The summed E-state index contributed by atoms with van der Waals surface area (Å²) in [5.41, 5.74) is -0.520. The first-order valence-electron chi connectivity index (χ1n) is 8.92. The molecule has 0 aliphatic heterocycles. The van der Waals surface area contributed by atoms with E-state index in [1.807, 2.05) is 0 Å². The van der Waals surface area contributed by atoms with Gasteiger partial charge in [-0.15, -0.1) is 0 Å². The van der Waals surface area contributed by atoms with Crippen LogP contribution in [0.4, 0.5) is 0 Å². The molecule has 9 nitrogen and oxygen atoms in total. The molecule has 0 unspecified atom stereocenters. The molecular weight excluding hydrogens is 422 g/mol. The zero-order valence-corrected chi connectivity index (χ0v) is 18.7. The minimum absolute atomic E-state index is 0.00321. The second kappa shape index (κ2) is 9.31. The fourth-order valence-corrected chi connectivity index (χ4v) is 3.62. The molecule has 1 aromatic rings. The van der Waals surface area contributed by atoms with Gasteiger partial charge in [0.2, 0.25) is 0 Å². The molecule has 0 radical (unpaired) electrons. The Kier molecular flexibility index (Phi) is 8.30. The van der Waals surface area contributed by atoms with Crippen LogP contribution in [0.2, 0.25) is 0 Å². The lowest BCUT2D eigenvalue weighted by molar-refractivity contribution is 0.0534. The molecule has 0 fully saturated rings. The minimum Gasteiger partial charge on any atom is -0.324 e. The highest BCUT2D eigenvalue weighted by atomic mass is 31.2. The van der Waals surface area contributed by atoms with Crippen molar-refractivity contribution in [2.24, 2.45) is 0 Å². The van der Waals surface area contributed by atoms with E-state index in [0.29, 0.717) is 11.1 Å². The van der Waals surface area contributed by atoms with Gasteiger partial charge in [0, 0.05) is 24.0 Å². The quantitative estimate of drug-likeness (QED) is 0.293. The van der Waals surface area contributed by atoms with E-state index in [1.54, 1.807) is 0 Å². The molecule has 0 saturated carbocycles. The van der Waals surface area contributed by atoms with Crippen LogP contribution in [0, 0.1) is 0 Å². The number of rotatable bonds is 11. The minimum atomic E-state index is -4.66. The molecule has 0 aromatic heterocycles. The first-order valence-corrected chi connectivity index (χ1v) is 12.1. The summed E-state index contributed by atoms with van der Waals surface area (Å²) in [7, 11) is -8.99. The zero-order chi connectivity index (χ0) is 22.7. The fraction of sp³-hybridized carbons (Fsp3) is 0.556. The van der Waals surface area contributed by atoms with Gasteiger partial charge in [-0.05, 0) is 40.5 Å². The molecule has 164 valence electrons. The van der Waals surface area contributed by atoms with Gasteiger partial charge in [0.05, 0.1) is 10.8 Å². The lowest BCUT2D eigenvalue weighted by Gasteiger charge is -2.25. The first kappa shape index (κ1) is 25.9. The van der Waals surface area contributed by atoms with Crippen LogP contribution in [0.3, 0.4) is 0 Å². The number of benzene rings is 1. The maximum absolute atomic E-state index is 12.3. The number of hydrogen-bond acceptors (Lipinski definition) is 5. The van der Waals surface area contributed by atoms with Crippen molar-refractivity contribution in [3.05, 3.63) is 35.4 Å². The van der Waals surface area contributed by atoms with Crippen molar-refractivity contribution in [3.63, 3.8) is 0 Å². The van der Waals surface area contributed by atoms with Crippen molar-refractivity contribution >= 4 is 27.0 Å². The predicted octanol–water partition coefficient (Wildman–Crippen LogP) is 3.46. The average molecular weight is 450 g/mol. The Morgan fingerprint density at radius 3 is 1.55 bits per heavy atom. The SMILES string of the molecule is CC(C)(CCC(=O)c1ccc(C(=O)CCC(C)(C)P(=O)(O)O)cc1)OP(=O)(O)O. The topological polar surface area (TPSA) is 158 Å². The molecule has 0 heterocycles. The van der Waals surface area contributed by atoms with Crippen LogP contribution in [0.25, 0.3) is 0 Å². The average Bonchev–Trinajstić information content (AvgIpc) is 2.54. The van der Waals surface area contributed by atoms with E-state index in [0.717, 1.165) is 0 Å². The molecule has 4 N–H and O–H groups in total. The monoisotopic (exact) mass is 450 g/mol. The van der Waals surface area contributed by atoms with Crippen LogP contribution in [-0.2, 0) is 13.7 Å². The highest BCUT2D eigenvalue weighted by molar-refractivity contribution is 7.53. The van der Waals surface area contributed by atoms with Crippen LogP contribution in [-0.4, -0.2) is 41.9 Å². The molecule has 0 bridgehead atoms. The Hall–Kier alpha value is -1.18. The maximum atomic E-state index is 12.3. The second-order valence-corrected chi connectivity index (χ2v) is 11.6. The summed E-state index contributed by atoms with van der Waals surface area (Å²) in [5.74, 6) is -0.560. The molecule has 0 spiro atoms. The molecule has 0 atom stereocenters. The van der Waals surface area contributed by atoms with E-state index in [4.69, 9.17) is 9.79 Å². The molecule has 29 heavy (non-hydrogen) atoms. The summed E-state index contributed by atoms with van der Waals surface area (Å²) in [6.07, 6.45) is 0.0661. The third-order valence-electron chi connectivity index (χ3n) is 4.60. The van der Waals surface area contributed by atoms with Crippen LogP contribution in [0.1, 0.15) is 74.1 Å². The van der Waals surface area contributed by atoms with E-state index in [2.05, 4.69) is 4.52 Å². The van der Waals surface area contributed by atoms with Gasteiger partial charge in [0.15, 0.2) is 11.6 Å². The number of carbonyl (C=O) groups is 2. The lowest BCUT2D eigenvalue weighted by Crippen LogP contribution is -2.24. The van der Waals surface area contributed by atoms with Gasteiger partial charge >= 0.3 is 15.4 Å². The summed E-state index contributed by atoms with van der Waals surface area (Å²) in [5, 5.41) is -1.31. The van der Waals surface area contributed by atoms with Gasteiger partial charge in [0.1, 0.15) is 0 Å². The molecule has 11 heteroatoms. The van der Waals surface area contributed by atoms with Gasteiger partial charge < -0.3 is 19.6 Å². The first-order chi connectivity index (χ1) is 12.9. The second-order valence-electron chi connectivity index (χ2n) is 8.12. The van der Waals surface area contributed by atoms with Crippen molar-refractivity contribution in [3.8, 4) is 0 Å². The predicted molar refractivity (Wildman–Crippen MR) is 107 cm³/mol. The third kappa shape index (κ3) is 8.60. The lowest BCUT2D eigenvalue weighted by atomic mass is 9.96. The van der Waals surface area contributed by atoms with Gasteiger partial charge in [-0.25, -0.2) is 4.57 Å². The smallest absolute Gasteiger partial charge is 0.324 e. The van der Waals surface area contributed by atoms with E-state index in [-0.39, 0.29) is 37.2 Å². The molecular formula is C18H28O9P2. The van der Waals surface area contributed by atoms with Gasteiger partial charge in [-0.2, -0.15) is 0 Å². The maximum Gasteiger partial charge on any atom is 0.470 e. The summed E-state index contributed by atoms with van der Waals surface area (Å²) in [4.78, 5) is 60.9. The molecule has 0 aliphatic rings. The highest BCUT2D eigenvalue weighted by Crippen LogP contribution is 2.52. The Morgan fingerprint density at radius 1 is 0.828 bits per heavy atom. The number of phosphoric acid groups is 1. The number of hydrogen-bond donors (Lipinski definition) is 4. The number of ketones is 2. The Balaban J connectivity index is 2.69. The van der Waals surface area contributed by atoms with Crippen molar-refractivity contribution in [2.45, 2.75) is 64.1 Å². The van der Waals surface area contributed by atoms with Crippen LogP contribution in [0.5, 0.6) is 0 Å². The van der Waals surface area contributed by atoms with E-state index in [1.165, 1.54) is 52.0 Å². The summed E-state index contributed by atoms with van der Waals surface area (Å²) in [6.45, 7) is 5.75. The highest BCUT2D eigenvalue weighted by Gasteiger charge is 2.37. The van der Waals surface area contributed by atoms with Gasteiger partial charge in [-0.1, -0.05) is 24.3 Å². The molecule has 0 amide bonds. The van der Waals surface area contributed by atoms with Crippen molar-refractivity contribution in [1.29, 1.82) is 0 Å². The third-order valence-corrected chi connectivity index (χ3v) is 7.13. The zero-order valence-electron chi connectivity index (χ0n) is 16.9. The van der Waals surface area contributed by atoms with Crippen LogP contribution in [0.15, 0.2) is 24.3 Å². The number of phosphoric ester groups is 1. The van der Waals surface area contributed by atoms with E-state index < -0.39 is 26.2 Å². The summed E-state index contributed by atoms with van der Waals surface area (Å²) >= 11 is 0. The number of Topliss-reactive ketones (excluding diaryl/α,β-unsaturated/α-hetero) is 2. The summed E-state index contributed by atoms with van der Waals surface area (Å²) in [6, 6.07) is 5.88. The normalized spacial score (nSPS) is 13.4. The Bertz CT molecular complexity index is 831. The van der Waals surface area contributed by atoms with Crippen LogP contribution < -0.4 is 0 Å². The Labute approximate surface area is 169 Å². The van der Waals surface area contributed by atoms with Crippen molar-refractivity contribution in [2.75, 3.05) is 0 Å². The van der Waals surface area contributed by atoms with Gasteiger partial charge in [-0.3, -0.25) is 18.7 Å². The molecule has 0 saturated heterocycles. The van der Waals surface area contributed by atoms with E-state index in [9.17, 15) is 28.5 Å². The fourth-order valence-electron chi connectivity index (χ4n) is 2.48. The van der Waals surface area contributed by atoms with Crippen LogP contribution >= 0.6 is 15.4 Å². The standard InChI is InChI=1S/C18H28O9P2/c1-17(2,27-29(24,25)26)11-9-15(19)13-5-7-14(8-6-13)16(20)10-12-18(3,4)28(21,22)23/h5-8H,9-12H2,1-4H3,(H2,21,22,23)(H2,24,25,26). The molecule has 1 rings (SSSR count). The Morgan fingerprint density at radius 2 is 1.21 bits per heavy atom. The molecule has 1 aromatic carbocycles. The largest absolute Gasteiger partial charge is 0.470 e.